The van der Waals surface area contributed by atoms with Gasteiger partial charge in [-0.05, 0) is 30.3 Å². The summed E-state index contributed by atoms with van der Waals surface area (Å²) >= 11 is 0. The summed E-state index contributed by atoms with van der Waals surface area (Å²) < 4.78 is 69.8. The maximum absolute atomic E-state index is 12.9. The number of furan rings is 1. The van der Waals surface area contributed by atoms with E-state index < -0.39 is 27.7 Å². The highest BCUT2D eigenvalue weighted by Gasteiger charge is 2.32. The lowest BCUT2D eigenvalue weighted by Gasteiger charge is -2.35. The molecule has 29 heavy (non-hydrogen) atoms. The molecule has 7 nitrogen and oxygen atoms in total. The SMILES string of the molecule is O=C(NCCS(=O)(=O)N1CCN(c2cccc(C(F)(F)F)c2)CC1)c1ccco1. The number of amides is 1. The van der Waals surface area contributed by atoms with E-state index in [2.05, 4.69) is 5.32 Å². The molecule has 158 valence electrons. The van der Waals surface area contributed by atoms with Gasteiger partial charge in [-0.25, -0.2) is 8.42 Å². The van der Waals surface area contributed by atoms with Crippen molar-refractivity contribution in [3.8, 4) is 0 Å². The third-order valence-electron chi connectivity index (χ3n) is 4.56. The number of rotatable bonds is 6. The Bertz CT molecular complexity index is 938. The van der Waals surface area contributed by atoms with Gasteiger partial charge in [-0.2, -0.15) is 17.5 Å². The van der Waals surface area contributed by atoms with Crippen LogP contribution in [0.25, 0.3) is 0 Å². The molecule has 11 heteroatoms. The molecule has 0 atom stereocenters. The average molecular weight is 431 g/mol. The maximum atomic E-state index is 12.9. The van der Waals surface area contributed by atoms with E-state index in [1.165, 1.54) is 22.7 Å². The molecule has 1 aromatic carbocycles. The van der Waals surface area contributed by atoms with Crippen molar-refractivity contribution in [2.24, 2.45) is 0 Å². The number of nitrogens with zero attached hydrogens (tertiary/aromatic N) is 2. The molecule has 0 bridgehead atoms. The van der Waals surface area contributed by atoms with Crippen molar-refractivity contribution in [3.05, 3.63) is 54.0 Å². The Labute approximate surface area is 166 Å². The Balaban J connectivity index is 1.52. The molecule has 1 amide bonds. The minimum Gasteiger partial charge on any atom is -0.459 e. The van der Waals surface area contributed by atoms with Gasteiger partial charge in [0, 0.05) is 38.4 Å². The summed E-state index contributed by atoms with van der Waals surface area (Å²) in [6.07, 6.45) is -3.09. The summed E-state index contributed by atoms with van der Waals surface area (Å²) in [5.74, 6) is -0.681. The van der Waals surface area contributed by atoms with Gasteiger partial charge >= 0.3 is 6.18 Å². The molecule has 3 rings (SSSR count). The van der Waals surface area contributed by atoms with Gasteiger partial charge in [0.15, 0.2) is 5.76 Å². The molecule has 1 aromatic heterocycles. The van der Waals surface area contributed by atoms with Gasteiger partial charge in [-0.3, -0.25) is 4.79 Å². The largest absolute Gasteiger partial charge is 0.459 e. The van der Waals surface area contributed by atoms with Crippen LogP contribution in [0.2, 0.25) is 0 Å². The average Bonchev–Trinajstić information content (AvgIpc) is 3.22. The van der Waals surface area contributed by atoms with Crippen molar-refractivity contribution in [2.75, 3.05) is 43.4 Å². The summed E-state index contributed by atoms with van der Waals surface area (Å²) in [4.78, 5) is 13.5. The summed E-state index contributed by atoms with van der Waals surface area (Å²) in [6.45, 7) is 0.795. The van der Waals surface area contributed by atoms with Crippen LogP contribution in [0.1, 0.15) is 16.1 Å². The van der Waals surface area contributed by atoms with Gasteiger partial charge in [0.25, 0.3) is 5.91 Å². The van der Waals surface area contributed by atoms with Crippen molar-refractivity contribution < 1.29 is 30.8 Å². The third-order valence-corrected chi connectivity index (χ3v) is 6.43. The van der Waals surface area contributed by atoms with Gasteiger partial charge in [0.2, 0.25) is 10.0 Å². The van der Waals surface area contributed by atoms with Gasteiger partial charge < -0.3 is 14.6 Å². The summed E-state index contributed by atoms with van der Waals surface area (Å²) in [6, 6.07) is 7.99. The van der Waals surface area contributed by atoms with E-state index in [-0.39, 0.29) is 44.2 Å². The van der Waals surface area contributed by atoms with Gasteiger partial charge in [-0.15, -0.1) is 0 Å². The number of alkyl halides is 3. The van der Waals surface area contributed by atoms with Gasteiger partial charge in [0.05, 0.1) is 17.6 Å². The van der Waals surface area contributed by atoms with Crippen LogP contribution in [0.3, 0.4) is 0 Å². The number of carbonyl (C=O) groups excluding carboxylic acids is 1. The highest BCUT2D eigenvalue weighted by atomic mass is 32.2. The number of piperazine rings is 1. The van der Waals surface area contributed by atoms with E-state index in [4.69, 9.17) is 4.42 Å². The molecule has 2 aromatic rings. The van der Waals surface area contributed by atoms with E-state index in [0.717, 1.165) is 12.1 Å². The topological polar surface area (TPSA) is 82.9 Å². The number of anilines is 1. The van der Waals surface area contributed by atoms with Crippen LogP contribution < -0.4 is 10.2 Å². The lowest BCUT2D eigenvalue weighted by atomic mass is 10.1. The monoisotopic (exact) mass is 431 g/mol. The quantitative estimate of drug-likeness (QED) is 0.758. The van der Waals surface area contributed by atoms with E-state index in [9.17, 15) is 26.4 Å². The number of carbonyl (C=O) groups is 1. The van der Waals surface area contributed by atoms with E-state index >= 15 is 0 Å². The normalized spacial score (nSPS) is 16.0. The molecule has 1 aliphatic heterocycles. The standard InChI is InChI=1S/C18H20F3N3O4S/c19-18(20,21)14-3-1-4-15(13-14)23-7-9-24(10-8-23)29(26,27)12-6-22-17(25)16-5-2-11-28-16/h1-5,11,13H,6-10,12H2,(H,22,25). The molecule has 0 spiro atoms. The molecule has 0 aliphatic carbocycles. The molecule has 1 aliphatic rings. The smallest absolute Gasteiger partial charge is 0.416 e. The van der Waals surface area contributed by atoms with Crippen LogP contribution in [0, 0.1) is 0 Å². The van der Waals surface area contributed by atoms with Crippen molar-refractivity contribution in [3.63, 3.8) is 0 Å². The zero-order valence-corrected chi connectivity index (χ0v) is 16.2. The number of sulfonamides is 1. The second kappa shape index (κ2) is 8.46. The van der Waals surface area contributed by atoms with Crippen LogP contribution in [0.5, 0.6) is 0 Å². The first kappa shape index (κ1) is 21.2. The predicted octanol–water partition coefficient (Wildman–Crippen LogP) is 2.18. The number of nitrogens with one attached hydrogen (secondary N) is 1. The van der Waals surface area contributed by atoms with Gasteiger partial charge in [-0.1, -0.05) is 6.07 Å². The summed E-state index contributed by atoms with van der Waals surface area (Å²) in [5.41, 5.74) is -0.333. The van der Waals surface area contributed by atoms with Crippen LogP contribution in [-0.2, 0) is 16.2 Å². The molecule has 2 heterocycles. The minimum atomic E-state index is -4.43. The van der Waals surface area contributed by atoms with E-state index in [1.54, 1.807) is 17.0 Å². The molecule has 1 saturated heterocycles. The Hall–Kier alpha value is -2.53. The van der Waals surface area contributed by atoms with Crippen molar-refractivity contribution >= 4 is 21.6 Å². The number of halogens is 3. The zero-order chi connectivity index (χ0) is 21.1. The molecular formula is C18H20F3N3O4S. The van der Waals surface area contributed by atoms with Gasteiger partial charge in [0.1, 0.15) is 0 Å². The minimum absolute atomic E-state index is 0.0737. The maximum Gasteiger partial charge on any atom is 0.416 e. The lowest BCUT2D eigenvalue weighted by Crippen LogP contribution is -2.50. The van der Waals surface area contributed by atoms with Crippen LogP contribution in [0.15, 0.2) is 47.1 Å². The Morgan fingerprint density at radius 3 is 2.45 bits per heavy atom. The highest BCUT2D eigenvalue weighted by molar-refractivity contribution is 7.89. The van der Waals surface area contributed by atoms with Crippen LogP contribution in [0.4, 0.5) is 18.9 Å². The molecule has 1 N–H and O–H groups in total. The second-order valence-corrected chi connectivity index (χ2v) is 8.57. The number of hydrogen-bond donors (Lipinski definition) is 1. The van der Waals surface area contributed by atoms with Crippen molar-refractivity contribution in [2.45, 2.75) is 6.18 Å². The molecule has 1 fully saturated rings. The predicted molar refractivity (Wildman–Crippen MR) is 100 cm³/mol. The second-order valence-electron chi connectivity index (χ2n) is 6.48. The Kier molecular flexibility index (Phi) is 6.18. The Morgan fingerprint density at radius 2 is 1.83 bits per heavy atom. The molecule has 0 unspecified atom stereocenters. The fourth-order valence-electron chi connectivity index (χ4n) is 3.02. The molecule has 0 radical (unpaired) electrons. The number of hydrogen-bond acceptors (Lipinski definition) is 5. The summed E-state index contributed by atoms with van der Waals surface area (Å²) in [5, 5.41) is 2.48. The first-order chi connectivity index (χ1) is 13.7. The lowest BCUT2D eigenvalue weighted by molar-refractivity contribution is -0.137. The van der Waals surface area contributed by atoms with E-state index in [1.807, 2.05) is 0 Å². The van der Waals surface area contributed by atoms with Crippen LogP contribution >= 0.6 is 0 Å². The first-order valence-corrected chi connectivity index (χ1v) is 10.5. The number of benzene rings is 1. The fourth-order valence-corrected chi connectivity index (χ4v) is 4.36. The Morgan fingerprint density at radius 1 is 1.10 bits per heavy atom. The van der Waals surface area contributed by atoms with Crippen molar-refractivity contribution in [1.82, 2.24) is 9.62 Å². The molecular weight excluding hydrogens is 411 g/mol. The van der Waals surface area contributed by atoms with Crippen molar-refractivity contribution in [1.29, 1.82) is 0 Å². The summed E-state index contributed by atoms with van der Waals surface area (Å²) in [7, 11) is -3.60. The molecule has 0 saturated carbocycles. The first-order valence-electron chi connectivity index (χ1n) is 8.88. The van der Waals surface area contributed by atoms with Crippen LogP contribution in [-0.4, -0.2) is 57.1 Å². The fraction of sp³-hybridized carbons (Fsp3) is 0.389. The zero-order valence-electron chi connectivity index (χ0n) is 15.4. The highest BCUT2D eigenvalue weighted by Crippen LogP contribution is 2.32. The van der Waals surface area contributed by atoms with E-state index in [0.29, 0.717) is 5.69 Å². The third kappa shape index (κ3) is 5.30.